The monoisotopic (exact) mass is 317 g/mol. The van der Waals surface area contributed by atoms with Crippen LogP contribution in [0.1, 0.15) is 24.3 Å². The van der Waals surface area contributed by atoms with E-state index in [-0.39, 0.29) is 29.4 Å². The molecule has 1 N–H and O–H groups in total. The molecule has 1 aromatic heterocycles. The SMILES string of the molecule is CC(C)C(CBr)NC(=O)c1ccc([N+](=O)[O-])n1C. The van der Waals surface area contributed by atoms with E-state index in [1.807, 2.05) is 13.8 Å². The lowest BCUT2D eigenvalue weighted by Gasteiger charge is -2.19. The molecule has 0 aromatic carbocycles. The van der Waals surface area contributed by atoms with Crippen molar-refractivity contribution in [3.05, 3.63) is 27.9 Å². The van der Waals surface area contributed by atoms with Crippen molar-refractivity contribution in [2.75, 3.05) is 5.33 Å². The van der Waals surface area contributed by atoms with Crippen LogP contribution in [0, 0.1) is 16.0 Å². The number of carbonyl (C=O) groups excluding carboxylic acids is 1. The summed E-state index contributed by atoms with van der Waals surface area (Å²) in [5.41, 5.74) is 0.285. The number of rotatable bonds is 5. The molecule has 1 heterocycles. The number of amides is 1. The van der Waals surface area contributed by atoms with E-state index in [1.165, 1.54) is 23.7 Å². The normalized spacial score (nSPS) is 12.5. The van der Waals surface area contributed by atoms with E-state index < -0.39 is 4.92 Å². The number of alkyl halides is 1. The smallest absolute Gasteiger partial charge is 0.323 e. The van der Waals surface area contributed by atoms with E-state index in [2.05, 4.69) is 21.2 Å². The standard InChI is InChI=1S/C11H16BrN3O3/c1-7(2)8(6-12)13-11(16)9-4-5-10(14(9)3)15(17)18/h4-5,7-8H,6H2,1-3H3,(H,13,16). The zero-order valence-corrected chi connectivity index (χ0v) is 12.1. The van der Waals surface area contributed by atoms with Gasteiger partial charge in [0.05, 0.1) is 7.05 Å². The first-order valence-electron chi connectivity index (χ1n) is 5.55. The number of hydrogen-bond donors (Lipinski definition) is 1. The Morgan fingerprint density at radius 1 is 1.56 bits per heavy atom. The highest BCUT2D eigenvalue weighted by Crippen LogP contribution is 2.15. The highest BCUT2D eigenvalue weighted by atomic mass is 79.9. The molecule has 7 heteroatoms. The fourth-order valence-corrected chi connectivity index (χ4v) is 2.45. The third-order valence-corrected chi connectivity index (χ3v) is 3.50. The lowest BCUT2D eigenvalue weighted by Crippen LogP contribution is -2.40. The van der Waals surface area contributed by atoms with Gasteiger partial charge in [0, 0.05) is 17.4 Å². The Hall–Kier alpha value is -1.37. The molecule has 0 aliphatic rings. The molecule has 1 rings (SSSR count). The van der Waals surface area contributed by atoms with Gasteiger partial charge in [0.1, 0.15) is 0 Å². The summed E-state index contributed by atoms with van der Waals surface area (Å²) in [7, 11) is 1.51. The van der Waals surface area contributed by atoms with Crippen molar-refractivity contribution in [3.63, 3.8) is 0 Å². The molecule has 100 valence electrons. The van der Waals surface area contributed by atoms with Crippen molar-refractivity contribution >= 4 is 27.7 Å². The number of halogens is 1. The molecule has 0 saturated heterocycles. The van der Waals surface area contributed by atoms with Gasteiger partial charge in [0.25, 0.3) is 5.91 Å². The molecular weight excluding hydrogens is 302 g/mol. The van der Waals surface area contributed by atoms with Gasteiger partial charge in [-0.15, -0.1) is 0 Å². The molecule has 18 heavy (non-hydrogen) atoms. The highest BCUT2D eigenvalue weighted by molar-refractivity contribution is 9.09. The third kappa shape index (κ3) is 3.10. The number of aromatic nitrogens is 1. The van der Waals surface area contributed by atoms with Gasteiger partial charge < -0.3 is 15.4 Å². The molecule has 1 unspecified atom stereocenters. The topological polar surface area (TPSA) is 77.2 Å². The molecule has 6 nitrogen and oxygen atoms in total. The van der Waals surface area contributed by atoms with Gasteiger partial charge >= 0.3 is 5.82 Å². The van der Waals surface area contributed by atoms with Crippen LogP contribution in [-0.2, 0) is 7.05 Å². The average molecular weight is 318 g/mol. The summed E-state index contributed by atoms with van der Waals surface area (Å²) in [4.78, 5) is 22.2. The van der Waals surface area contributed by atoms with Crippen molar-refractivity contribution in [1.82, 2.24) is 9.88 Å². The van der Waals surface area contributed by atoms with Crippen LogP contribution >= 0.6 is 15.9 Å². The summed E-state index contributed by atoms with van der Waals surface area (Å²) < 4.78 is 1.28. The molecule has 1 atom stereocenters. The van der Waals surface area contributed by atoms with Crippen LogP contribution in [0.2, 0.25) is 0 Å². The van der Waals surface area contributed by atoms with Crippen molar-refractivity contribution in [3.8, 4) is 0 Å². The summed E-state index contributed by atoms with van der Waals surface area (Å²) in [6.07, 6.45) is 0. The Morgan fingerprint density at radius 2 is 2.17 bits per heavy atom. The Balaban J connectivity index is 2.88. The van der Waals surface area contributed by atoms with Crippen molar-refractivity contribution in [2.45, 2.75) is 19.9 Å². The van der Waals surface area contributed by atoms with E-state index in [0.717, 1.165) is 0 Å². The number of hydrogen-bond acceptors (Lipinski definition) is 3. The van der Waals surface area contributed by atoms with Crippen LogP contribution in [0.15, 0.2) is 12.1 Å². The first kappa shape index (κ1) is 14.7. The number of nitrogens with zero attached hydrogens (tertiary/aromatic N) is 2. The maximum Gasteiger partial charge on any atom is 0.323 e. The fraction of sp³-hybridized carbons (Fsp3) is 0.545. The second-order valence-corrected chi connectivity index (χ2v) is 5.02. The summed E-state index contributed by atoms with van der Waals surface area (Å²) in [6.45, 7) is 4.00. The molecule has 1 amide bonds. The predicted octanol–water partition coefficient (Wildman–Crippen LogP) is 2.08. The third-order valence-electron chi connectivity index (χ3n) is 2.80. The van der Waals surface area contributed by atoms with Crippen LogP contribution in [0.3, 0.4) is 0 Å². The molecule has 0 saturated carbocycles. The summed E-state index contributed by atoms with van der Waals surface area (Å²) in [5.74, 6) is -0.118. The van der Waals surface area contributed by atoms with Gasteiger partial charge in [0.2, 0.25) is 0 Å². The van der Waals surface area contributed by atoms with Crippen LogP contribution < -0.4 is 5.32 Å². The second kappa shape index (κ2) is 5.99. The Bertz CT molecular complexity index is 456. The van der Waals surface area contributed by atoms with Gasteiger partial charge in [-0.2, -0.15) is 0 Å². The largest absolute Gasteiger partial charge is 0.358 e. The predicted molar refractivity (Wildman–Crippen MR) is 72.0 cm³/mol. The first-order valence-corrected chi connectivity index (χ1v) is 6.67. The van der Waals surface area contributed by atoms with E-state index in [4.69, 9.17) is 0 Å². The summed E-state index contributed by atoms with van der Waals surface area (Å²) >= 11 is 3.33. The molecule has 1 aromatic rings. The van der Waals surface area contributed by atoms with Gasteiger partial charge in [-0.1, -0.05) is 29.8 Å². The van der Waals surface area contributed by atoms with E-state index in [0.29, 0.717) is 5.33 Å². The molecular formula is C11H16BrN3O3. The van der Waals surface area contributed by atoms with Crippen molar-refractivity contribution in [2.24, 2.45) is 13.0 Å². The zero-order chi connectivity index (χ0) is 13.9. The lowest BCUT2D eigenvalue weighted by atomic mass is 10.1. The quantitative estimate of drug-likeness (QED) is 0.513. The van der Waals surface area contributed by atoms with Gasteiger partial charge in [-0.25, -0.2) is 4.57 Å². The fourth-order valence-electron chi connectivity index (χ4n) is 1.54. The van der Waals surface area contributed by atoms with Crippen LogP contribution in [0.4, 0.5) is 5.82 Å². The number of nitro groups is 1. The minimum Gasteiger partial charge on any atom is -0.358 e. The molecule has 0 radical (unpaired) electrons. The maximum absolute atomic E-state index is 12.0. The maximum atomic E-state index is 12.0. The van der Waals surface area contributed by atoms with Crippen LogP contribution in [0.25, 0.3) is 0 Å². The molecule has 0 bridgehead atoms. The second-order valence-electron chi connectivity index (χ2n) is 4.37. The summed E-state index contributed by atoms with van der Waals surface area (Å²) in [6, 6.07) is 2.78. The van der Waals surface area contributed by atoms with Gasteiger partial charge in [-0.3, -0.25) is 4.79 Å². The molecule has 0 fully saturated rings. The van der Waals surface area contributed by atoms with Gasteiger partial charge in [-0.05, 0) is 16.9 Å². The minimum atomic E-state index is -0.513. The highest BCUT2D eigenvalue weighted by Gasteiger charge is 2.23. The number of nitrogens with one attached hydrogen (secondary N) is 1. The Labute approximate surface area is 114 Å². The minimum absolute atomic E-state index is 0.00791. The Kier molecular flexibility index (Phi) is 4.89. The van der Waals surface area contributed by atoms with Gasteiger partial charge in [0.15, 0.2) is 5.69 Å². The molecule has 0 aliphatic heterocycles. The zero-order valence-electron chi connectivity index (χ0n) is 10.5. The average Bonchev–Trinajstić information content (AvgIpc) is 2.67. The number of carbonyl (C=O) groups is 1. The van der Waals surface area contributed by atoms with E-state index in [1.54, 1.807) is 0 Å². The first-order chi connectivity index (χ1) is 8.38. The van der Waals surface area contributed by atoms with E-state index >= 15 is 0 Å². The van der Waals surface area contributed by atoms with Crippen LogP contribution in [0.5, 0.6) is 0 Å². The Morgan fingerprint density at radius 3 is 2.56 bits per heavy atom. The molecule has 0 spiro atoms. The van der Waals surface area contributed by atoms with Crippen molar-refractivity contribution < 1.29 is 9.72 Å². The summed E-state index contributed by atoms with van der Waals surface area (Å²) in [5, 5.41) is 14.2. The van der Waals surface area contributed by atoms with E-state index in [9.17, 15) is 14.9 Å². The molecule has 0 aliphatic carbocycles. The van der Waals surface area contributed by atoms with Crippen LogP contribution in [-0.4, -0.2) is 26.8 Å². The lowest BCUT2D eigenvalue weighted by molar-refractivity contribution is -0.391. The van der Waals surface area contributed by atoms with Crippen molar-refractivity contribution in [1.29, 1.82) is 0 Å².